The molecular formula is C36H55N3O5. The Balaban J connectivity index is 2.56. The van der Waals surface area contributed by atoms with Crippen LogP contribution in [0.3, 0.4) is 0 Å². The van der Waals surface area contributed by atoms with E-state index in [0.29, 0.717) is 13.1 Å². The third kappa shape index (κ3) is 12.6. The molecule has 3 N–H and O–H groups in total. The van der Waals surface area contributed by atoms with E-state index in [0.717, 1.165) is 73.6 Å². The fourth-order valence-corrected chi connectivity index (χ4v) is 5.24. The molecule has 0 aliphatic rings. The molecule has 0 radical (unpaired) electrons. The van der Waals surface area contributed by atoms with Crippen molar-refractivity contribution >= 4 is 17.9 Å². The number of hydrogen-bond acceptors (Lipinski definition) is 5. The highest BCUT2D eigenvalue weighted by Crippen LogP contribution is 2.28. The molecule has 0 heterocycles. The predicted octanol–water partition coefficient (Wildman–Crippen LogP) is 7.29. The Morgan fingerprint density at radius 1 is 0.886 bits per heavy atom. The number of benzene rings is 2. The number of aromatic hydroxyl groups is 1. The largest absolute Gasteiger partial charge is 0.508 e. The summed E-state index contributed by atoms with van der Waals surface area (Å²) in [5.41, 5.74) is 2.77. The number of phenolic OH excluding ortho intramolecular Hbond substituents is 1. The molecule has 2 unspecified atom stereocenters. The highest BCUT2D eigenvalue weighted by atomic mass is 16.6. The zero-order chi connectivity index (χ0) is 32.7. The van der Waals surface area contributed by atoms with Gasteiger partial charge >= 0.3 is 6.09 Å². The van der Waals surface area contributed by atoms with Crippen LogP contribution in [-0.2, 0) is 20.7 Å². The van der Waals surface area contributed by atoms with E-state index in [9.17, 15) is 19.5 Å². The second-order valence-corrected chi connectivity index (χ2v) is 12.8. The average Bonchev–Trinajstić information content (AvgIpc) is 2.94. The van der Waals surface area contributed by atoms with Gasteiger partial charge < -0.3 is 25.4 Å². The first kappa shape index (κ1) is 36.6. The lowest BCUT2D eigenvalue weighted by atomic mass is 9.95. The summed E-state index contributed by atoms with van der Waals surface area (Å²) in [5.74, 6) is -0.469. The van der Waals surface area contributed by atoms with E-state index < -0.39 is 23.8 Å². The van der Waals surface area contributed by atoms with Crippen LogP contribution in [0.5, 0.6) is 5.75 Å². The van der Waals surface area contributed by atoms with Crippen LogP contribution in [0.15, 0.2) is 42.5 Å². The number of amides is 3. The minimum Gasteiger partial charge on any atom is -0.508 e. The van der Waals surface area contributed by atoms with E-state index in [-0.39, 0.29) is 24.0 Å². The third-order valence-corrected chi connectivity index (χ3v) is 7.51. The van der Waals surface area contributed by atoms with Crippen LogP contribution in [0.2, 0.25) is 0 Å². The summed E-state index contributed by atoms with van der Waals surface area (Å²) in [5, 5.41) is 15.7. The second-order valence-electron chi connectivity index (χ2n) is 12.8. The minimum atomic E-state index is -0.994. The quantitative estimate of drug-likeness (QED) is 0.163. The van der Waals surface area contributed by atoms with E-state index in [4.69, 9.17) is 4.74 Å². The topological polar surface area (TPSA) is 108 Å². The van der Waals surface area contributed by atoms with Gasteiger partial charge in [-0.2, -0.15) is 0 Å². The van der Waals surface area contributed by atoms with Crippen LogP contribution in [0.4, 0.5) is 4.79 Å². The first-order valence-corrected chi connectivity index (χ1v) is 16.3. The van der Waals surface area contributed by atoms with Crippen LogP contribution < -0.4 is 10.6 Å². The van der Waals surface area contributed by atoms with Crippen LogP contribution in [0.25, 0.3) is 0 Å². The first-order chi connectivity index (χ1) is 20.9. The highest BCUT2D eigenvalue weighted by Gasteiger charge is 2.36. The molecule has 44 heavy (non-hydrogen) atoms. The number of rotatable bonds is 17. The molecule has 3 amide bonds. The number of phenols is 1. The molecule has 2 rings (SSSR count). The van der Waals surface area contributed by atoms with Crippen molar-refractivity contribution in [2.45, 2.75) is 124 Å². The lowest BCUT2D eigenvalue weighted by molar-refractivity contribution is -0.142. The zero-order valence-electron chi connectivity index (χ0n) is 28.0. The lowest BCUT2D eigenvalue weighted by Gasteiger charge is -2.35. The summed E-state index contributed by atoms with van der Waals surface area (Å²) < 4.78 is 5.54. The molecular weight excluding hydrogens is 554 g/mol. The van der Waals surface area contributed by atoms with Gasteiger partial charge in [0.25, 0.3) is 0 Å². The van der Waals surface area contributed by atoms with E-state index >= 15 is 0 Å². The summed E-state index contributed by atoms with van der Waals surface area (Å²) in [4.78, 5) is 43.3. The van der Waals surface area contributed by atoms with Crippen molar-refractivity contribution in [3.05, 3.63) is 64.7 Å². The van der Waals surface area contributed by atoms with Gasteiger partial charge in [-0.1, -0.05) is 88.3 Å². The Morgan fingerprint density at radius 2 is 1.52 bits per heavy atom. The van der Waals surface area contributed by atoms with Crippen LogP contribution in [0.1, 0.15) is 114 Å². The smallest absolute Gasteiger partial charge is 0.408 e. The summed E-state index contributed by atoms with van der Waals surface area (Å²) in [6, 6.07) is 10.6. The second kappa shape index (κ2) is 18.3. The van der Waals surface area contributed by atoms with Crippen LogP contribution in [-0.4, -0.2) is 52.6 Å². The Bertz CT molecular complexity index is 1190. The molecule has 0 spiro atoms. The molecule has 2 aromatic carbocycles. The van der Waals surface area contributed by atoms with Gasteiger partial charge in [-0.25, -0.2) is 4.79 Å². The Labute approximate surface area is 264 Å². The standard InChI is InChI=1S/C36H55N3O5/c1-8-10-12-13-15-23-39(32(33(41)37-22-14-11-9-2)30-21-16-26(3)24-27(30)4)34(42)31(38-35(43)44-36(5,6)7)25-28-17-19-29(40)20-18-28/h16-21,24,31-32,40H,8-15,22-23,25H2,1-7H3,(H,37,41)(H,38,43). The monoisotopic (exact) mass is 609 g/mol. The number of alkyl carbamates (subject to hydrolysis) is 1. The number of carbonyl (C=O) groups is 3. The SMILES string of the molecule is CCCCCCCN(C(=O)C(Cc1ccc(O)cc1)NC(=O)OC(C)(C)C)C(C(=O)NCCCCC)c1ccc(C)cc1C. The molecule has 8 nitrogen and oxygen atoms in total. The zero-order valence-corrected chi connectivity index (χ0v) is 28.0. The lowest BCUT2D eigenvalue weighted by Crippen LogP contribution is -2.54. The van der Waals surface area contributed by atoms with Gasteiger partial charge in [0.2, 0.25) is 11.8 Å². The van der Waals surface area contributed by atoms with Crippen molar-refractivity contribution in [2.75, 3.05) is 13.1 Å². The van der Waals surface area contributed by atoms with Crippen LogP contribution in [0, 0.1) is 13.8 Å². The predicted molar refractivity (Wildman–Crippen MR) is 177 cm³/mol. The number of carbonyl (C=O) groups excluding carboxylic acids is 3. The van der Waals surface area contributed by atoms with Gasteiger partial charge in [0.05, 0.1) is 0 Å². The Hall–Kier alpha value is -3.55. The minimum absolute atomic E-state index is 0.111. The van der Waals surface area contributed by atoms with E-state index in [1.54, 1.807) is 49.9 Å². The van der Waals surface area contributed by atoms with Gasteiger partial charge in [-0.15, -0.1) is 0 Å². The maximum Gasteiger partial charge on any atom is 0.408 e. The molecule has 2 aromatic rings. The summed E-state index contributed by atoms with van der Waals surface area (Å²) in [6.45, 7) is 14.4. The molecule has 2 atom stereocenters. The Kier molecular flexibility index (Phi) is 15.2. The van der Waals surface area contributed by atoms with E-state index in [1.807, 2.05) is 32.0 Å². The van der Waals surface area contributed by atoms with Crippen molar-refractivity contribution in [3.63, 3.8) is 0 Å². The molecule has 0 saturated heterocycles. The van der Waals surface area contributed by atoms with Crippen molar-refractivity contribution in [1.29, 1.82) is 0 Å². The molecule has 244 valence electrons. The maximum absolute atomic E-state index is 14.6. The number of hydrogen-bond donors (Lipinski definition) is 3. The first-order valence-electron chi connectivity index (χ1n) is 16.3. The van der Waals surface area contributed by atoms with Crippen molar-refractivity contribution in [1.82, 2.24) is 15.5 Å². The van der Waals surface area contributed by atoms with E-state index in [2.05, 4.69) is 24.5 Å². The number of nitrogens with one attached hydrogen (secondary N) is 2. The maximum atomic E-state index is 14.6. The molecule has 0 aromatic heterocycles. The number of ether oxygens (including phenoxy) is 1. The van der Waals surface area contributed by atoms with Crippen molar-refractivity contribution in [2.24, 2.45) is 0 Å². The number of aryl methyl sites for hydroxylation is 2. The van der Waals surface area contributed by atoms with E-state index in [1.165, 1.54) is 0 Å². The third-order valence-electron chi connectivity index (χ3n) is 7.51. The average molecular weight is 610 g/mol. The van der Waals surface area contributed by atoms with Crippen molar-refractivity contribution in [3.8, 4) is 5.75 Å². The molecule has 0 fully saturated rings. The molecule has 0 saturated carbocycles. The van der Waals surface area contributed by atoms with Gasteiger partial charge in [0.1, 0.15) is 23.4 Å². The fourth-order valence-electron chi connectivity index (χ4n) is 5.24. The normalized spacial score (nSPS) is 12.7. The number of nitrogens with zero attached hydrogens (tertiary/aromatic N) is 1. The van der Waals surface area contributed by atoms with Gasteiger partial charge in [0.15, 0.2) is 0 Å². The van der Waals surface area contributed by atoms with Gasteiger partial charge in [0, 0.05) is 19.5 Å². The van der Waals surface area contributed by atoms with Crippen molar-refractivity contribution < 1.29 is 24.2 Å². The summed E-state index contributed by atoms with van der Waals surface area (Å²) in [6.07, 6.45) is 7.27. The molecule has 0 aliphatic heterocycles. The summed E-state index contributed by atoms with van der Waals surface area (Å²) in [7, 11) is 0. The van der Waals surface area contributed by atoms with Crippen LogP contribution >= 0.6 is 0 Å². The molecule has 8 heteroatoms. The van der Waals surface area contributed by atoms with Gasteiger partial charge in [-0.3, -0.25) is 9.59 Å². The molecule has 0 bridgehead atoms. The summed E-state index contributed by atoms with van der Waals surface area (Å²) >= 11 is 0. The van der Waals surface area contributed by atoms with Gasteiger partial charge in [-0.05, 0) is 76.3 Å². The molecule has 0 aliphatic carbocycles. The Morgan fingerprint density at radius 3 is 2.14 bits per heavy atom. The fraction of sp³-hybridized carbons (Fsp3) is 0.583. The number of unbranched alkanes of at least 4 members (excludes halogenated alkanes) is 6. The highest BCUT2D eigenvalue weighted by molar-refractivity contribution is 5.92.